The number of hydrogen-bond acceptors (Lipinski definition) is 4. The van der Waals surface area contributed by atoms with E-state index < -0.39 is 0 Å². The fourth-order valence-corrected chi connectivity index (χ4v) is 4.57. The zero-order valence-corrected chi connectivity index (χ0v) is 15.4. The Morgan fingerprint density at radius 3 is 2.76 bits per heavy atom. The number of likely N-dealkylation sites (N-methyl/N-ethyl adjacent to an activating group) is 1. The number of benzene rings is 1. The number of nitrogens with zero attached hydrogens (tertiary/aromatic N) is 2. The number of thiophene rings is 1. The van der Waals surface area contributed by atoms with Crippen molar-refractivity contribution >= 4 is 22.2 Å². The van der Waals surface area contributed by atoms with E-state index in [4.69, 9.17) is 0 Å². The average Bonchev–Trinajstić information content (AvgIpc) is 2.75. The lowest BCUT2D eigenvalue weighted by Gasteiger charge is -2.16. The van der Waals surface area contributed by atoms with Gasteiger partial charge >= 0.3 is 0 Å². The molecule has 1 aliphatic carbocycles. The average molecular weight is 353 g/mol. The molecule has 25 heavy (non-hydrogen) atoms. The first-order chi connectivity index (χ1) is 12.2. The Kier molecular flexibility index (Phi) is 5.85. The Balaban J connectivity index is 1.64. The van der Waals surface area contributed by atoms with Crippen molar-refractivity contribution in [3.8, 4) is 6.07 Å². The van der Waals surface area contributed by atoms with Gasteiger partial charge in [-0.3, -0.25) is 9.69 Å². The van der Waals surface area contributed by atoms with Crippen LogP contribution < -0.4 is 5.32 Å². The fourth-order valence-electron chi connectivity index (χ4n) is 3.31. The zero-order chi connectivity index (χ0) is 17.6. The van der Waals surface area contributed by atoms with Crippen molar-refractivity contribution in [2.24, 2.45) is 0 Å². The number of amides is 1. The molecule has 130 valence electrons. The number of anilines is 1. The minimum atomic E-state index is -0.0636. The lowest BCUT2D eigenvalue weighted by molar-refractivity contribution is -0.117. The molecule has 2 aromatic rings. The third kappa shape index (κ3) is 4.47. The highest BCUT2D eigenvalue weighted by atomic mass is 32.1. The summed E-state index contributed by atoms with van der Waals surface area (Å²) >= 11 is 1.59. The summed E-state index contributed by atoms with van der Waals surface area (Å²) in [6.45, 7) is 1.03. The molecule has 0 saturated carbocycles. The number of rotatable bonds is 5. The quantitative estimate of drug-likeness (QED) is 0.828. The first-order valence-electron chi connectivity index (χ1n) is 8.74. The Bertz CT molecular complexity index is 776. The summed E-state index contributed by atoms with van der Waals surface area (Å²) in [6.07, 6.45) is 5.51. The molecule has 0 saturated heterocycles. The maximum atomic E-state index is 12.4. The van der Waals surface area contributed by atoms with E-state index in [1.807, 2.05) is 30.1 Å². The molecule has 0 aliphatic heterocycles. The maximum Gasteiger partial charge on any atom is 0.239 e. The topological polar surface area (TPSA) is 56.1 Å². The third-order valence-corrected chi connectivity index (χ3v) is 5.70. The van der Waals surface area contributed by atoms with Crippen LogP contribution in [-0.4, -0.2) is 24.4 Å². The monoisotopic (exact) mass is 353 g/mol. The molecule has 1 aliphatic rings. The summed E-state index contributed by atoms with van der Waals surface area (Å²) in [7, 11) is 1.93. The summed E-state index contributed by atoms with van der Waals surface area (Å²) in [5, 5.41) is 13.2. The highest BCUT2D eigenvalue weighted by Crippen LogP contribution is 2.36. The lowest BCUT2D eigenvalue weighted by Crippen LogP contribution is -2.29. The van der Waals surface area contributed by atoms with Gasteiger partial charge in [0.15, 0.2) is 0 Å². The van der Waals surface area contributed by atoms with Gasteiger partial charge in [-0.25, -0.2) is 0 Å². The number of aryl methyl sites for hydroxylation is 1. The first-order valence-corrected chi connectivity index (χ1v) is 9.56. The molecule has 0 spiro atoms. The van der Waals surface area contributed by atoms with E-state index >= 15 is 0 Å². The van der Waals surface area contributed by atoms with Crippen LogP contribution in [-0.2, 0) is 24.2 Å². The number of carbonyl (C=O) groups is 1. The van der Waals surface area contributed by atoms with Gasteiger partial charge in [0.05, 0.1) is 12.1 Å². The summed E-state index contributed by atoms with van der Waals surface area (Å²) in [4.78, 5) is 15.7. The number of nitrogens with one attached hydrogen (secondary N) is 1. The van der Waals surface area contributed by atoms with Crippen molar-refractivity contribution < 1.29 is 4.79 Å². The number of hydrogen-bond donors (Lipinski definition) is 1. The highest BCUT2D eigenvalue weighted by Gasteiger charge is 2.21. The van der Waals surface area contributed by atoms with Crippen LogP contribution in [0, 0.1) is 11.3 Å². The third-order valence-electron chi connectivity index (χ3n) is 4.49. The van der Waals surface area contributed by atoms with Crippen LogP contribution in [0.1, 0.15) is 40.8 Å². The van der Waals surface area contributed by atoms with Crippen molar-refractivity contribution in [3.63, 3.8) is 0 Å². The van der Waals surface area contributed by atoms with Crippen molar-refractivity contribution in [1.29, 1.82) is 5.26 Å². The molecule has 0 fully saturated rings. The van der Waals surface area contributed by atoms with Crippen molar-refractivity contribution in [2.45, 2.75) is 38.6 Å². The largest absolute Gasteiger partial charge is 0.315 e. The van der Waals surface area contributed by atoms with Gasteiger partial charge in [-0.2, -0.15) is 5.26 Å². The second-order valence-corrected chi connectivity index (χ2v) is 7.69. The van der Waals surface area contributed by atoms with Crippen molar-refractivity contribution in [2.75, 3.05) is 18.9 Å². The van der Waals surface area contributed by atoms with Crippen LogP contribution in [0.15, 0.2) is 30.3 Å². The second-order valence-electron chi connectivity index (χ2n) is 6.59. The van der Waals surface area contributed by atoms with E-state index in [0.29, 0.717) is 12.1 Å². The molecule has 1 N–H and O–H groups in total. The van der Waals surface area contributed by atoms with E-state index in [0.717, 1.165) is 36.4 Å². The van der Waals surface area contributed by atoms with Crippen molar-refractivity contribution in [1.82, 2.24) is 4.90 Å². The predicted octanol–water partition coefficient (Wildman–Crippen LogP) is 3.96. The molecule has 1 heterocycles. The summed E-state index contributed by atoms with van der Waals surface area (Å²) in [6, 6.07) is 12.4. The Hall–Kier alpha value is -2.16. The smallest absolute Gasteiger partial charge is 0.239 e. The molecule has 0 unspecified atom stereocenters. The highest BCUT2D eigenvalue weighted by molar-refractivity contribution is 7.16. The normalized spacial score (nSPS) is 13.8. The molecule has 1 amide bonds. The molecule has 4 nitrogen and oxygen atoms in total. The fraction of sp³-hybridized carbons (Fsp3) is 0.400. The van der Waals surface area contributed by atoms with Gasteiger partial charge in [0.2, 0.25) is 5.91 Å². The van der Waals surface area contributed by atoms with Gasteiger partial charge in [0.25, 0.3) is 0 Å². The van der Waals surface area contributed by atoms with Crippen LogP contribution in [0.25, 0.3) is 0 Å². The Labute approximate surface area is 153 Å². The van der Waals surface area contributed by atoms with Gasteiger partial charge in [-0.05, 0) is 43.9 Å². The Morgan fingerprint density at radius 1 is 1.24 bits per heavy atom. The molecule has 3 rings (SSSR count). The van der Waals surface area contributed by atoms with E-state index in [-0.39, 0.29) is 5.91 Å². The maximum absolute atomic E-state index is 12.4. The standard InChI is InChI=1S/C20H23N3OS/c1-23(13-15-8-4-2-5-9-15)14-19(24)22-20-17(12-21)16-10-6-3-7-11-18(16)25-20/h2,4-5,8-9H,3,6-7,10-11,13-14H2,1H3,(H,22,24). The van der Waals surface area contributed by atoms with E-state index in [1.54, 1.807) is 11.3 Å². The van der Waals surface area contributed by atoms with E-state index in [9.17, 15) is 10.1 Å². The van der Waals surface area contributed by atoms with Gasteiger partial charge in [0, 0.05) is 11.4 Å². The van der Waals surface area contributed by atoms with E-state index in [2.05, 4.69) is 23.5 Å². The molecular formula is C20H23N3OS. The second kappa shape index (κ2) is 8.28. The molecule has 5 heteroatoms. The molecule has 1 aromatic heterocycles. The van der Waals surface area contributed by atoms with Gasteiger partial charge < -0.3 is 5.32 Å². The minimum absolute atomic E-state index is 0.0636. The molecular weight excluding hydrogens is 330 g/mol. The van der Waals surface area contributed by atoms with Gasteiger partial charge in [-0.15, -0.1) is 11.3 Å². The van der Waals surface area contributed by atoms with Gasteiger partial charge in [0.1, 0.15) is 11.1 Å². The first kappa shape index (κ1) is 17.7. The SMILES string of the molecule is CN(CC(=O)Nc1sc2c(c1C#N)CCCCC2)Cc1ccccc1. The van der Waals surface area contributed by atoms with Crippen molar-refractivity contribution in [3.05, 3.63) is 51.9 Å². The molecule has 0 bridgehead atoms. The van der Waals surface area contributed by atoms with Crippen LogP contribution in [0.4, 0.5) is 5.00 Å². The van der Waals surface area contributed by atoms with Crippen LogP contribution >= 0.6 is 11.3 Å². The lowest BCUT2D eigenvalue weighted by atomic mass is 10.1. The van der Waals surface area contributed by atoms with Crippen LogP contribution in [0.5, 0.6) is 0 Å². The number of nitriles is 1. The number of carbonyl (C=O) groups excluding carboxylic acids is 1. The zero-order valence-electron chi connectivity index (χ0n) is 14.5. The molecule has 0 atom stereocenters. The summed E-state index contributed by atoms with van der Waals surface area (Å²) in [5.41, 5.74) is 3.03. The van der Waals surface area contributed by atoms with E-state index in [1.165, 1.54) is 23.3 Å². The van der Waals surface area contributed by atoms with Gasteiger partial charge in [-0.1, -0.05) is 36.8 Å². The summed E-state index contributed by atoms with van der Waals surface area (Å²) < 4.78 is 0. The molecule has 0 radical (unpaired) electrons. The predicted molar refractivity (Wildman–Crippen MR) is 102 cm³/mol. The van der Waals surface area contributed by atoms with Crippen LogP contribution in [0.3, 0.4) is 0 Å². The molecule has 1 aromatic carbocycles. The minimum Gasteiger partial charge on any atom is -0.315 e. The number of fused-ring (bicyclic) bond motifs is 1. The van der Waals surface area contributed by atoms with Crippen LogP contribution in [0.2, 0.25) is 0 Å². The summed E-state index contributed by atoms with van der Waals surface area (Å²) in [5.74, 6) is -0.0636. The Morgan fingerprint density at radius 2 is 2.00 bits per heavy atom.